The fourth-order valence-electron chi connectivity index (χ4n) is 2.49. The standard InChI is InChI=1S/C18H23N3O3S/c1-3-21(4-2)16-9-7-15(8-10-16)18(22)20-13-14-5-11-17(12-6-14)25(19,23)24/h5-12H,3-4,13H2,1-2H3,(H,20,22)(H2,19,23,24). The van der Waals surface area contributed by atoms with Gasteiger partial charge >= 0.3 is 0 Å². The van der Waals surface area contributed by atoms with Crippen molar-refractivity contribution in [1.82, 2.24) is 5.32 Å². The van der Waals surface area contributed by atoms with Crippen LogP contribution in [0.3, 0.4) is 0 Å². The number of carbonyl (C=O) groups is 1. The van der Waals surface area contributed by atoms with Crippen molar-refractivity contribution >= 4 is 21.6 Å². The highest BCUT2D eigenvalue weighted by atomic mass is 32.2. The summed E-state index contributed by atoms with van der Waals surface area (Å²) in [5, 5.41) is 7.87. The van der Waals surface area contributed by atoms with Crippen LogP contribution in [0, 0.1) is 0 Å². The lowest BCUT2D eigenvalue weighted by Crippen LogP contribution is -2.24. The van der Waals surface area contributed by atoms with E-state index in [2.05, 4.69) is 24.1 Å². The molecule has 0 saturated heterocycles. The smallest absolute Gasteiger partial charge is 0.251 e. The zero-order valence-corrected chi connectivity index (χ0v) is 15.2. The van der Waals surface area contributed by atoms with E-state index in [9.17, 15) is 13.2 Å². The molecule has 0 aliphatic carbocycles. The molecule has 2 aromatic carbocycles. The van der Waals surface area contributed by atoms with Crippen molar-refractivity contribution in [1.29, 1.82) is 0 Å². The number of benzene rings is 2. The Hall–Kier alpha value is -2.38. The Morgan fingerprint density at radius 2 is 1.56 bits per heavy atom. The number of primary sulfonamides is 1. The van der Waals surface area contributed by atoms with Crippen molar-refractivity contribution < 1.29 is 13.2 Å². The van der Waals surface area contributed by atoms with E-state index in [1.807, 2.05) is 12.1 Å². The molecular formula is C18H23N3O3S. The van der Waals surface area contributed by atoms with Gasteiger partial charge < -0.3 is 10.2 Å². The van der Waals surface area contributed by atoms with Gasteiger partial charge in [-0.25, -0.2) is 13.6 Å². The van der Waals surface area contributed by atoms with E-state index in [0.29, 0.717) is 12.1 Å². The predicted octanol–water partition coefficient (Wildman–Crippen LogP) is 2.11. The van der Waals surface area contributed by atoms with Gasteiger partial charge in [0.1, 0.15) is 0 Å². The van der Waals surface area contributed by atoms with Crippen molar-refractivity contribution in [2.75, 3.05) is 18.0 Å². The van der Waals surface area contributed by atoms with Gasteiger partial charge in [-0.3, -0.25) is 4.79 Å². The highest BCUT2D eigenvalue weighted by Crippen LogP contribution is 2.15. The maximum absolute atomic E-state index is 12.2. The average Bonchev–Trinajstić information content (AvgIpc) is 2.61. The van der Waals surface area contributed by atoms with Gasteiger partial charge in [0, 0.05) is 30.9 Å². The fraction of sp³-hybridized carbons (Fsp3) is 0.278. The quantitative estimate of drug-likeness (QED) is 0.790. The third kappa shape index (κ3) is 5.04. The van der Waals surface area contributed by atoms with Crippen LogP contribution >= 0.6 is 0 Å². The van der Waals surface area contributed by atoms with Crippen LogP contribution in [0.1, 0.15) is 29.8 Å². The summed E-state index contributed by atoms with van der Waals surface area (Å²) in [6.07, 6.45) is 0. The Morgan fingerprint density at radius 1 is 1.00 bits per heavy atom. The van der Waals surface area contributed by atoms with E-state index in [1.54, 1.807) is 24.3 Å². The van der Waals surface area contributed by atoms with E-state index in [0.717, 1.165) is 24.3 Å². The SMILES string of the molecule is CCN(CC)c1ccc(C(=O)NCc2ccc(S(N)(=O)=O)cc2)cc1. The molecule has 3 N–H and O–H groups in total. The Kier molecular flexibility index (Phi) is 6.17. The molecule has 0 aliphatic rings. The summed E-state index contributed by atoms with van der Waals surface area (Å²) < 4.78 is 22.4. The zero-order valence-electron chi connectivity index (χ0n) is 14.4. The summed E-state index contributed by atoms with van der Waals surface area (Å²) in [4.78, 5) is 14.5. The molecule has 0 unspecified atom stereocenters. The monoisotopic (exact) mass is 361 g/mol. The van der Waals surface area contributed by atoms with Gasteiger partial charge in [-0.1, -0.05) is 12.1 Å². The molecule has 2 aromatic rings. The van der Waals surface area contributed by atoms with Crippen molar-refractivity contribution in [2.24, 2.45) is 5.14 Å². The van der Waals surface area contributed by atoms with Crippen LogP contribution in [0.25, 0.3) is 0 Å². The van der Waals surface area contributed by atoms with Crippen LogP contribution in [-0.2, 0) is 16.6 Å². The largest absolute Gasteiger partial charge is 0.372 e. The molecule has 0 fully saturated rings. The second-order valence-electron chi connectivity index (χ2n) is 5.59. The number of carbonyl (C=O) groups excluding carboxylic acids is 1. The maximum Gasteiger partial charge on any atom is 0.251 e. The first-order valence-corrected chi connectivity index (χ1v) is 9.64. The van der Waals surface area contributed by atoms with Crippen LogP contribution < -0.4 is 15.4 Å². The molecule has 7 heteroatoms. The molecule has 0 heterocycles. The second kappa shape index (κ2) is 8.13. The fourth-order valence-corrected chi connectivity index (χ4v) is 3.01. The topological polar surface area (TPSA) is 92.5 Å². The van der Waals surface area contributed by atoms with Crippen LogP contribution in [0.5, 0.6) is 0 Å². The summed E-state index contributed by atoms with van der Waals surface area (Å²) in [5.74, 6) is -0.179. The van der Waals surface area contributed by atoms with Crippen molar-refractivity contribution in [3.8, 4) is 0 Å². The summed E-state index contributed by atoms with van der Waals surface area (Å²) >= 11 is 0. The number of nitrogens with zero attached hydrogens (tertiary/aromatic N) is 1. The first-order chi connectivity index (χ1) is 11.8. The molecular weight excluding hydrogens is 338 g/mol. The number of nitrogens with one attached hydrogen (secondary N) is 1. The van der Waals surface area contributed by atoms with E-state index in [4.69, 9.17) is 5.14 Å². The molecule has 25 heavy (non-hydrogen) atoms. The number of amides is 1. The van der Waals surface area contributed by atoms with Gasteiger partial charge in [-0.15, -0.1) is 0 Å². The molecule has 0 radical (unpaired) electrons. The summed E-state index contributed by atoms with van der Waals surface area (Å²) in [6, 6.07) is 13.6. The minimum Gasteiger partial charge on any atom is -0.372 e. The lowest BCUT2D eigenvalue weighted by Gasteiger charge is -2.21. The number of nitrogens with two attached hydrogens (primary N) is 1. The van der Waals surface area contributed by atoms with Gasteiger partial charge in [0.15, 0.2) is 0 Å². The first kappa shape index (κ1) is 19.0. The lowest BCUT2D eigenvalue weighted by molar-refractivity contribution is 0.0951. The zero-order chi connectivity index (χ0) is 18.4. The van der Waals surface area contributed by atoms with Crippen LogP contribution in [0.4, 0.5) is 5.69 Å². The Balaban J connectivity index is 1.98. The maximum atomic E-state index is 12.2. The highest BCUT2D eigenvalue weighted by molar-refractivity contribution is 7.89. The molecule has 0 aliphatic heterocycles. The van der Waals surface area contributed by atoms with Gasteiger partial charge in [-0.2, -0.15) is 0 Å². The average molecular weight is 361 g/mol. The van der Waals surface area contributed by atoms with Gasteiger partial charge in [-0.05, 0) is 55.8 Å². The third-order valence-electron chi connectivity index (χ3n) is 3.96. The molecule has 6 nitrogen and oxygen atoms in total. The summed E-state index contributed by atoms with van der Waals surface area (Å²) in [5.41, 5.74) is 2.46. The molecule has 134 valence electrons. The number of rotatable bonds is 7. The molecule has 0 atom stereocenters. The van der Waals surface area contributed by atoms with E-state index in [1.165, 1.54) is 12.1 Å². The van der Waals surface area contributed by atoms with Crippen molar-refractivity contribution in [3.63, 3.8) is 0 Å². The number of hydrogen-bond acceptors (Lipinski definition) is 4. The minimum atomic E-state index is -3.70. The minimum absolute atomic E-state index is 0.0505. The van der Waals surface area contributed by atoms with E-state index >= 15 is 0 Å². The normalized spacial score (nSPS) is 11.2. The number of anilines is 1. The summed E-state index contributed by atoms with van der Waals surface area (Å²) in [6.45, 7) is 6.31. The number of sulfonamides is 1. The summed E-state index contributed by atoms with van der Waals surface area (Å²) in [7, 11) is -3.70. The molecule has 0 saturated carbocycles. The molecule has 0 spiro atoms. The Bertz CT molecular complexity index is 812. The first-order valence-electron chi connectivity index (χ1n) is 8.10. The van der Waals surface area contributed by atoms with Crippen LogP contribution in [-0.4, -0.2) is 27.4 Å². The van der Waals surface area contributed by atoms with Gasteiger partial charge in [0.05, 0.1) is 4.90 Å². The third-order valence-corrected chi connectivity index (χ3v) is 4.89. The van der Waals surface area contributed by atoms with Crippen molar-refractivity contribution in [2.45, 2.75) is 25.3 Å². The van der Waals surface area contributed by atoms with Crippen LogP contribution in [0.15, 0.2) is 53.4 Å². The Labute approximate surface area is 148 Å². The number of hydrogen-bond donors (Lipinski definition) is 2. The molecule has 0 bridgehead atoms. The van der Waals surface area contributed by atoms with E-state index in [-0.39, 0.29) is 10.8 Å². The molecule has 0 aromatic heterocycles. The predicted molar refractivity (Wildman–Crippen MR) is 99.0 cm³/mol. The van der Waals surface area contributed by atoms with Gasteiger partial charge in [0.2, 0.25) is 10.0 Å². The highest BCUT2D eigenvalue weighted by Gasteiger charge is 2.09. The second-order valence-corrected chi connectivity index (χ2v) is 7.15. The van der Waals surface area contributed by atoms with Gasteiger partial charge in [0.25, 0.3) is 5.91 Å². The van der Waals surface area contributed by atoms with Crippen molar-refractivity contribution in [3.05, 3.63) is 59.7 Å². The lowest BCUT2D eigenvalue weighted by atomic mass is 10.1. The van der Waals surface area contributed by atoms with E-state index < -0.39 is 10.0 Å². The molecule has 1 amide bonds. The molecule has 2 rings (SSSR count). The van der Waals surface area contributed by atoms with Crippen LogP contribution in [0.2, 0.25) is 0 Å². The Morgan fingerprint density at radius 3 is 2.04 bits per heavy atom.